The van der Waals surface area contributed by atoms with Gasteiger partial charge in [-0.05, 0) is 55.7 Å². The number of aryl methyl sites for hydroxylation is 1. The van der Waals surface area contributed by atoms with E-state index in [0.29, 0.717) is 18.0 Å². The molecule has 0 aromatic heterocycles. The highest BCUT2D eigenvalue weighted by molar-refractivity contribution is 5.99. The highest BCUT2D eigenvalue weighted by Gasteiger charge is 2.35. The summed E-state index contributed by atoms with van der Waals surface area (Å²) >= 11 is 0. The van der Waals surface area contributed by atoms with E-state index in [9.17, 15) is 9.59 Å². The van der Waals surface area contributed by atoms with Gasteiger partial charge in [0.15, 0.2) is 0 Å². The summed E-state index contributed by atoms with van der Waals surface area (Å²) in [5.41, 5.74) is 8.80. The van der Waals surface area contributed by atoms with Crippen LogP contribution in [0.3, 0.4) is 0 Å². The number of amides is 2. The number of hydrogen-bond donors (Lipinski definition) is 2. The van der Waals surface area contributed by atoms with Gasteiger partial charge in [0.05, 0.1) is 6.04 Å². The molecule has 2 amide bonds. The first-order valence-corrected chi connectivity index (χ1v) is 8.96. The molecule has 0 radical (unpaired) electrons. The van der Waals surface area contributed by atoms with Crippen LogP contribution in [-0.2, 0) is 16.0 Å². The fourth-order valence-corrected chi connectivity index (χ4v) is 3.28. The van der Waals surface area contributed by atoms with Crippen LogP contribution in [0.25, 0.3) is 0 Å². The van der Waals surface area contributed by atoms with Crippen LogP contribution in [0, 0.1) is 11.8 Å². The number of hydrogen-bond acceptors (Lipinski definition) is 3. The van der Waals surface area contributed by atoms with Gasteiger partial charge in [-0.25, -0.2) is 0 Å². The van der Waals surface area contributed by atoms with Gasteiger partial charge in [0.2, 0.25) is 11.8 Å². The van der Waals surface area contributed by atoms with Crippen molar-refractivity contribution in [3.8, 4) is 0 Å². The zero-order chi connectivity index (χ0) is 17.3. The fourth-order valence-electron chi connectivity index (χ4n) is 3.28. The third-order valence-corrected chi connectivity index (χ3v) is 4.73. The van der Waals surface area contributed by atoms with Crippen molar-refractivity contribution in [2.45, 2.75) is 52.0 Å². The number of fused-ring (bicyclic) bond motifs is 1. The Hall–Kier alpha value is -1.88. The monoisotopic (exact) mass is 329 g/mol. The second-order valence-electron chi connectivity index (χ2n) is 7.44. The Morgan fingerprint density at radius 3 is 2.75 bits per heavy atom. The van der Waals surface area contributed by atoms with Gasteiger partial charge in [0.1, 0.15) is 0 Å². The molecule has 3 rings (SSSR count). The standard InChI is InChI=1S/C19H27N3O2/c1-12(2)10-16(20)18(23)21-15-8-7-13-4-3-9-22(17(13)11-15)19(24)14-5-6-14/h7-8,11-12,14,16H,3-6,9-10,20H2,1-2H3,(H,21,23)/t16-/m0/s1. The minimum atomic E-state index is -0.509. The van der Waals surface area contributed by atoms with E-state index in [1.165, 1.54) is 5.56 Å². The first-order chi connectivity index (χ1) is 11.5. The predicted molar refractivity (Wildman–Crippen MR) is 95.9 cm³/mol. The van der Waals surface area contributed by atoms with Crippen molar-refractivity contribution >= 4 is 23.2 Å². The first-order valence-electron chi connectivity index (χ1n) is 8.96. The average Bonchev–Trinajstić information content (AvgIpc) is 3.37. The number of anilines is 2. The van der Waals surface area contributed by atoms with E-state index in [0.717, 1.165) is 37.9 Å². The molecule has 5 heteroatoms. The van der Waals surface area contributed by atoms with Crippen LogP contribution in [0.4, 0.5) is 11.4 Å². The Morgan fingerprint density at radius 2 is 2.08 bits per heavy atom. The molecule has 1 heterocycles. The maximum Gasteiger partial charge on any atom is 0.241 e. The Labute approximate surface area is 143 Å². The second kappa shape index (κ2) is 6.93. The molecule has 24 heavy (non-hydrogen) atoms. The van der Waals surface area contributed by atoms with Crippen LogP contribution in [0.1, 0.15) is 45.1 Å². The van der Waals surface area contributed by atoms with Gasteiger partial charge in [-0.1, -0.05) is 19.9 Å². The number of benzene rings is 1. The quantitative estimate of drug-likeness (QED) is 0.872. The van der Waals surface area contributed by atoms with Gasteiger partial charge < -0.3 is 16.0 Å². The Morgan fingerprint density at radius 1 is 1.33 bits per heavy atom. The zero-order valence-electron chi connectivity index (χ0n) is 14.5. The van der Waals surface area contributed by atoms with E-state index in [1.54, 1.807) is 0 Å². The SMILES string of the molecule is CC(C)C[C@H](N)C(=O)Nc1ccc2c(c1)N(C(=O)C1CC1)CCC2. The van der Waals surface area contributed by atoms with Crippen molar-refractivity contribution in [1.82, 2.24) is 0 Å². The van der Waals surface area contributed by atoms with Crippen LogP contribution in [0.15, 0.2) is 18.2 Å². The molecule has 0 spiro atoms. The third-order valence-electron chi connectivity index (χ3n) is 4.73. The van der Waals surface area contributed by atoms with Crippen LogP contribution < -0.4 is 16.0 Å². The van der Waals surface area contributed by atoms with Crippen molar-refractivity contribution in [3.05, 3.63) is 23.8 Å². The fraction of sp³-hybridized carbons (Fsp3) is 0.579. The molecule has 0 unspecified atom stereocenters. The molecule has 1 aromatic carbocycles. The molecule has 1 saturated carbocycles. The van der Waals surface area contributed by atoms with Crippen molar-refractivity contribution in [3.63, 3.8) is 0 Å². The number of carbonyl (C=O) groups excluding carboxylic acids is 2. The Balaban J connectivity index is 1.75. The third kappa shape index (κ3) is 3.78. The lowest BCUT2D eigenvalue weighted by atomic mass is 10.00. The minimum Gasteiger partial charge on any atom is -0.325 e. The molecule has 1 aliphatic carbocycles. The van der Waals surface area contributed by atoms with Crippen LogP contribution in [0.5, 0.6) is 0 Å². The highest BCUT2D eigenvalue weighted by atomic mass is 16.2. The van der Waals surface area contributed by atoms with Gasteiger partial charge >= 0.3 is 0 Å². The first kappa shape index (κ1) is 17.0. The van der Waals surface area contributed by atoms with Gasteiger partial charge in [0.25, 0.3) is 0 Å². The molecule has 5 nitrogen and oxygen atoms in total. The Kier molecular flexibility index (Phi) is 4.90. The molecular weight excluding hydrogens is 302 g/mol. The summed E-state index contributed by atoms with van der Waals surface area (Å²) in [5, 5.41) is 2.90. The lowest BCUT2D eigenvalue weighted by molar-refractivity contribution is -0.120. The lowest BCUT2D eigenvalue weighted by Gasteiger charge is -2.30. The Bertz CT molecular complexity index is 637. The molecule has 1 aromatic rings. The van der Waals surface area contributed by atoms with E-state index in [1.807, 2.05) is 36.9 Å². The number of nitrogens with zero attached hydrogens (tertiary/aromatic N) is 1. The number of rotatable bonds is 5. The van der Waals surface area contributed by atoms with Crippen molar-refractivity contribution < 1.29 is 9.59 Å². The van der Waals surface area contributed by atoms with Crippen LogP contribution in [-0.4, -0.2) is 24.4 Å². The smallest absolute Gasteiger partial charge is 0.241 e. The summed E-state index contributed by atoms with van der Waals surface area (Å²) in [6, 6.07) is 5.34. The van der Waals surface area contributed by atoms with Crippen molar-refractivity contribution in [2.24, 2.45) is 17.6 Å². The predicted octanol–water partition coefficient (Wildman–Crippen LogP) is 2.69. The van der Waals surface area contributed by atoms with Crippen LogP contribution >= 0.6 is 0 Å². The average molecular weight is 329 g/mol. The van der Waals surface area contributed by atoms with E-state index in [2.05, 4.69) is 5.32 Å². The largest absolute Gasteiger partial charge is 0.325 e. The highest BCUT2D eigenvalue weighted by Crippen LogP contribution is 2.36. The normalized spacial score (nSPS) is 18.2. The maximum atomic E-state index is 12.5. The summed E-state index contributed by atoms with van der Waals surface area (Å²) in [6.45, 7) is 4.87. The molecule has 1 atom stereocenters. The summed E-state index contributed by atoms with van der Waals surface area (Å²) in [5.74, 6) is 0.644. The molecule has 2 aliphatic rings. The molecule has 1 fully saturated rings. The summed E-state index contributed by atoms with van der Waals surface area (Å²) in [7, 11) is 0. The molecule has 0 saturated heterocycles. The van der Waals surface area contributed by atoms with Gasteiger partial charge in [0, 0.05) is 23.8 Å². The van der Waals surface area contributed by atoms with E-state index in [-0.39, 0.29) is 17.7 Å². The zero-order valence-corrected chi connectivity index (χ0v) is 14.5. The second-order valence-corrected chi connectivity index (χ2v) is 7.44. The number of nitrogens with one attached hydrogen (secondary N) is 1. The van der Waals surface area contributed by atoms with Crippen molar-refractivity contribution in [1.29, 1.82) is 0 Å². The molecular formula is C19H27N3O2. The van der Waals surface area contributed by atoms with E-state index in [4.69, 9.17) is 5.73 Å². The summed E-state index contributed by atoms with van der Waals surface area (Å²) in [6.07, 6.45) is 4.64. The molecule has 130 valence electrons. The maximum absolute atomic E-state index is 12.5. The van der Waals surface area contributed by atoms with Gasteiger partial charge in [-0.15, -0.1) is 0 Å². The van der Waals surface area contributed by atoms with E-state index >= 15 is 0 Å². The molecule has 0 bridgehead atoms. The number of nitrogens with two attached hydrogens (primary N) is 1. The topological polar surface area (TPSA) is 75.4 Å². The molecule has 1 aliphatic heterocycles. The van der Waals surface area contributed by atoms with Crippen molar-refractivity contribution in [2.75, 3.05) is 16.8 Å². The van der Waals surface area contributed by atoms with Gasteiger partial charge in [-0.3, -0.25) is 9.59 Å². The van der Waals surface area contributed by atoms with Crippen LogP contribution in [0.2, 0.25) is 0 Å². The van der Waals surface area contributed by atoms with E-state index < -0.39 is 6.04 Å². The molecule has 3 N–H and O–H groups in total. The van der Waals surface area contributed by atoms with Gasteiger partial charge in [-0.2, -0.15) is 0 Å². The lowest BCUT2D eigenvalue weighted by Crippen LogP contribution is -2.37. The number of carbonyl (C=O) groups is 2. The summed E-state index contributed by atoms with van der Waals surface area (Å²) < 4.78 is 0. The minimum absolute atomic E-state index is 0.167. The summed E-state index contributed by atoms with van der Waals surface area (Å²) in [4.78, 5) is 26.6.